The fourth-order valence-electron chi connectivity index (χ4n) is 3.01. The largest absolute Gasteiger partial charge is 0.496 e. The molecule has 0 saturated heterocycles. The van der Waals surface area contributed by atoms with Crippen molar-refractivity contribution in [3.05, 3.63) is 29.3 Å². The summed E-state index contributed by atoms with van der Waals surface area (Å²) in [6.45, 7) is 3.05. The molecule has 0 radical (unpaired) electrons. The first-order valence-electron chi connectivity index (χ1n) is 6.17. The average Bonchev–Trinajstić information content (AvgIpc) is 2.36. The molecular formula is C14H21NO. The van der Waals surface area contributed by atoms with Gasteiger partial charge in [-0.1, -0.05) is 19.1 Å². The lowest BCUT2D eigenvalue weighted by Gasteiger charge is -2.33. The molecule has 16 heavy (non-hydrogen) atoms. The van der Waals surface area contributed by atoms with Gasteiger partial charge in [0.15, 0.2) is 0 Å². The highest BCUT2D eigenvalue weighted by molar-refractivity contribution is 5.44. The fraction of sp³-hybridized carbons (Fsp3) is 0.571. The van der Waals surface area contributed by atoms with Crippen molar-refractivity contribution in [3.63, 3.8) is 0 Å². The van der Waals surface area contributed by atoms with Gasteiger partial charge in [-0.15, -0.1) is 0 Å². The van der Waals surface area contributed by atoms with Crippen LogP contribution in [0.3, 0.4) is 0 Å². The van der Waals surface area contributed by atoms with Crippen molar-refractivity contribution in [3.8, 4) is 5.75 Å². The molecule has 0 aromatic heterocycles. The van der Waals surface area contributed by atoms with Crippen LogP contribution in [-0.4, -0.2) is 13.7 Å². The van der Waals surface area contributed by atoms with E-state index in [0.717, 1.165) is 18.7 Å². The lowest BCUT2D eigenvalue weighted by molar-refractivity contribution is 0.356. The third-order valence-electron chi connectivity index (χ3n) is 3.87. The van der Waals surface area contributed by atoms with Gasteiger partial charge in [-0.2, -0.15) is 0 Å². The van der Waals surface area contributed by atoms with E-state index >= 15 is 0 Å². The molecule has 0 aliphatic heterocycles. The molecule has 1 aromatic carbocycles. The third-order valence-corrected chi connectivity index (χ3v) is 3.87. The zero-order valence-corrected chi connectivity index (χ0v) is 10.2. The average molecular weight is 219 g/mol. The summed E-state index contributed by atoms with van der Waals surface area (Å²) in [5.74, 6) is 2.31. The number of ether oxygens (including phenoxy) is 1. The van der Waals surface area contributed by atoms with Crippen LogP contribution in [0.5, 0.6) is 5.75 Å². The molecule has 88 valence electrons. The molecule has 1 aliphatic carbocycles. The summed E-state index contributed by atoms with van der Waals surface area (Å²) >= 11 is 0. The van der Waals surface area contributed by atoms with Crippen LogP contribution in [0.4, 0.5) is 0 Å². The van der Waals surface area contributed by atoms with Gasteiger partial charge in [0.25, 0.3) is 0 Å². The first-order chi connectivity index (χ1) is 7.81. The van der Waals surface area contributed by atoms with Crippen molar-refractivity contribution in [1.29, 1.82) is 0 Å². The topological polar surface area (TPSA) is 35.2 Å². The van der Waals surface area contributed by atoms with E-state index in [1.165, 1.54) is 24.0 Å². The molecular weight excluding hydrogens is 198 g/mol. The van der Waals surface area contributed by atoms with Gasteiger partial charge >= 0.3 is 0 Å². The molecule has 0 fully saturated rings. The second-order valence-corrected chi connectivity index (χ2v) is 4.58. The van der Waals surface area contributed by atoms with E-state index in [4.69, 9.17) is 10.5 Å². The quantitative estimate of drug-likeness (QED) is 0.848. The Hall–Kier alpha value is -1.02. The van der Waals surface area contributed by atoms with Crippen molar-refractivity contribution in [1.82, 2.24) is 0 Å². The van der Waals surface area contributed by atoms with E-state index in [2.05, 4.69) is 25.1 Å². The van der Waals surface area contributed by atoms with Crippen LogP contribution in [0.25, 0.3) is 0 Å². The standard InChI is InChI=1S/C14H21NO/c1-3-11-10(9-15)7-8-13-12(11)5-4-6-14(13)16-2/h4-6,10-11H,3,7-9,15H2,1-2H3. The molecule has 2 nitrogen and oxygen atoms in total. The lowest BCUT2D eigenvalue weighted by Crippen LogP contribution is -2.27. The number of nitrogens with two attached hydrogens (primary N) is 1. The van der Waals surface area contributed by atoms with Crippen molar-refractivity contribution >= 4 is 0 Å². The highest BCUT2D eigenvalue weighted by atomic mass is 16.5. The van der Waals surface area contributed by atoms with Crippen LogP contribution in [0, 0.1) is 5.92 Å². The molecule has 0 heterocycles. The summed E-state index contributed by atoms with van der Waals surface area (Å²) in [6, 6.07) is 6.40. The van der Waals surface area contributed by atoms with Crippen LogP contribution < -0.4 is 10.5 Å². The zero-order valence-electron chi connectivity index (χ0n) is 10.2. The van der Waals surface area contributed by atoms with E-state index in [1.54, 1.807) is 7.11 Å². The molecule has 1 aliphatic rings. The lowest BCUT2D eigenvalue weighted by atomic mass is 9.73. The maximum absolute atomic E-state index is 5.87. The Balaban J connectivity index is 2.41. The Morgan fingerprint density at radius 3 is 2.88 bits per heavy atom. The van der Waals surface area contributed by atoms with Crippen LogP contribution >= 0.6 is 0 Å². The second-order valence-electron chi connectivity index (χ2n) is 4.58. The van der Waals surface area contributed by atoms with Crippen molar-refractivity contribution in [2.45, 2.75) is 32.1 Å². The van der Waals surface area contributed by atoms with E-state index in [0.29, 0.717) is 11.8 Å². The Morgan fingerprint density at radius 2 is 2.25 bits per heavy atom. The summed E-state index contributed by atoms with van der Waals surface area (Å²) in [5.41, 5.74) is 8.73. The van der Waals surface area contributed by atoms with Gasteiger partial charge in [0, 0.05) is 0 Å². The van der Waals surface area contributed by atoms with E-state index in [-0.39, 0.29) is 0 Å². The highest BCUT2D eigenvalue weighted by Crippen LogP contribution is 2.41. The maximum atomic E-state index is 5.87. The molecule has 2 rings (SSSR count). The number of rotatable bonds is 3. The fourth-order valence-corrected chi connectivity index (χ4v) is 3.01. The summed E-state index contributed by atoms with van der Waals surface area (Å²) in [7, 11) is 1.76. The van der Waals surface area contributed by atoms with Gasteiger partial charge < -0.3 is 10.5 Å². The minimum atomic E-state index is 0.615. The Kier molecular flexibility index (Phi) is 3.49. The molecule has 2 atom stereocenters. The first kappa shape index (κ1) is 11.5. The number of fused-ring (bicyclic) bond motifs is 1. The van der Waals surface area contributed by atoms with E-state index in [9.17, 15) is 0 Å². The Morgan fingerprint density at radius 1 is 1.44 bits per heavy atom. The van der Waals surface area contributed by atoms with E-state index < -0.39 is 0 Å². The predicted octanol–water partition coefficient (Wildman–Crippen LogP) is 2.71. The number of benzene rings is 1. The van der Waals surface area contributed by atoms with Gasteiger partial charge in [-0.25, -0.2) is 0 Å². The normalized spacial score (nSPS) is 23.9. The van der Waals surface area contributed by atoms with Crippen LogP contribution in [0.2, 0.25) is 0 Å². The molecule has 0 saturated carbocycles. The summed E-state index contributed by atoms with van der Waals surface area (Å²) in [6.07, 6.45) is 3.47. The van der Waals surface area contributed by atoms with Gasteiger partial charge in [0.05, 0.1) is 7.11 Å². The van der Waals surface area contributed by atoms with Gasteiger partial charge in [-0.3, -0.25) is 0 Å². The minimum Gasteiger partial charge on any atom is -0.496 e. The van der Waals surface area contributed by atoms with Crippen molar-refractivity contribution in [2.24, 2.45) is 11.7 Å². The van der Waals surface area contributed by atoms with Crippen LogP contribution in [0.1, 0.15) is 36.8 Å². The molecule has 2 heteroatoms. The molecule has 0 bridgehead atoms. The van der Waals surface area contributed by atoms with Crippen molar-refractivity contribution < 1.29 is 4.74 Å². The molecule has 1 aromatic rings. The number of hydrogen-bond donors (Lipinski definition) is 1. The molecule has 0 spiro atoms. The Labute approximate surface area is 97.8 Å². The van der Waals surface area contributed by atoms with Gasteiger partial charge in [0.1, 0.15) is 5.75 Å². The predicted molar refractivity (Wildman–Crippen MR) is 66.9 cm³/mol. The third kappa shape index (κ3) is 1.82. The number of methoxy groups -OCH3 is 1. The van der Waals surface area contributed by atoms with Crippen LogP contribution in [-0.2, 0) is 6.42 Å². The summed E-state index contributed by atoms with van der Waals surface area (Å²) < 4.78 is 5.44. The first-order valence-corrected chi connectivity index (χ1v) is 6.17. The molecule has 2 unspecified atom stereocenters. The summed E-state index contributed by atoms with van der Waals surface area (Å²) in [4.78, 5) is 0. The van der Waals surface area contributed by atoms with Gasteiger partial charge in [-0.05, 0) is 54.8 Å². The number of hydrogen-bond acceptors (Lipinski definition) is 2. The zero-order chi connectivity index (χ0) is 11.5. The smallest absolute Gasteiger partial charge is 0.122 e. The molecule has 0 amide bonds. The Bertz CT molecular complexity index is 362. The van der Waals surface area contributed by atoms with Crippen molar-refractivity contribution in [2.75, 3.05) is 13.7 Å². The molecule has 2 N–H and O–H groups in total. The highest BCUT2D eigenvalue weighted by Gasteiger charge is 2.28. The van der Waals surface area contributed by atoms with E-state index in [1.807, 2.05) is 0 Å². The SMILES string of the molecule is CCC1c2cccc(OC)c2CCC1CN. The maximum Gasteiger partial charge on any atom is 0.122 e. The second kappa shape index (κ2) is 4.88. The van der Waals surface area contributed by atoms with Crippen LogP contribution in [0.15, 0.2) is 18.2 Å². The monoisotopic (exact) mass is 219 g/mol. The summed E-state index contributed by atoms with van der Waals surface area (Å²) in [5, 5.41) is 0. The minimum absolute atomic E-state index is 0.615. The van der Waals surface area contributed by atoms with Gasteiger partial charge in [0.2, 0.25) is 0 Å².